The number of benzene rings is 2. The number of hydrogen-bond donors (Lipinski definition) is 1. The predicted octanol–water partition coefficient (Wildman–Crippen LogP) is 3.60. The quantitative estimate of drug-likeness (QED) is 0.808. The molecular weight excluding hydrogens is 343 g/mol. The van der Waals surface area contributed by atoms with Crippen molar-refractivity contribution in [2.45, 2.75) is 32.0 Å². The first kappa shape index (κ1) is 18.3. The van der Waals surface area contributed by atoms with Crippen LogP contribution in [0.5, 0.6) is 11.5 Å². The van der Waals surface area contributed by atoms with Gasteiger partial charge in [0.25, 0.3) is 0 Å². The van der Waals surface area contributed by atoms with Crippen LogP contribution in [0.15, 0.2) is 42.5 Å². The van der Waals surface area contributed by atoms with Gasteiger partial charge in [0, 0.05) is 30.3 Å². The lowest BCUT2D eigenvalue weighted by atomic mass is 9.84. The molecule has 0 saturated carbocycles. The SMILES string of the molecule is COc1cccc(CNC2CN3CCC2CC3)c1OCc1ccccc1F. The van der Waals surface area contributed by atoms with Gasteiger partial charge in [-0.15, -0.1) is 0 Å². The predicted molar refractivity (Wildman–Crippen MR) is 104 cm³/mol. The Morgan fingerprint density at radius 2 is 1.85 bits per heavy atom. The molecule has 3 aliphatic rings. The van der Waals surface area contributed by atoms with Crippen LogP contribution in [0.3, 0.4) is 0 Å². The largest absolute Gasteiger partial charge is 0.493 e. The molecule has 0 spiro atoms. The van der Waals surface area contributed by atoms with E-state index in [-0.39, 0.29) is 12.4 Å². The van der Waals surface area contributed by atoms with Gasteiger partial charge in [-0.25, -0.2) is 4.39 Å². The average molecular weight is 370 g/mol. The van der Waals surface area contributed by atoms with Gasteiger partial charge in [-0.1, -0.05) is 30.3 Å². The van der Waals surface area contributed by atoms with Gasteiger partial charge in [0.05, 0.1) is 7.11 Å². The zero-order valence-electron chi connectivity index (χ0n) is 15.8. The molecule has 0 radical (unpaired) electrons. The molecular formula is C22H27FN2O2. The Hall–Kier alpha value is -2.11. The van der Waals surface area contributed by atoms with Crippen LogP contribution in [0.25, 0.3) is 0 Å². The molecule has 3 aliphatic heterocycles. The molecule has 3 heterocycles. The van der Waals surface area contributed by atoms with Crippen molar-refractivity contribution in [2.75, 3.05) is 26.7 Å². The van der Waals surface area contributed by atoms with Gasteiger partial charge in [-0.2, -0.15) is 0 Å². The molecule has 27 heavy (non-hydrogen) atoms. The number of para-hydroxylation sites is 1. The van der Waals surface area contributed by atoms with Crippen LogP contribution in [0.1, 0.15) is 24.0 Å². The molecule has 1 N–H and O–H groups in total. The Kier molecular flexibility index (Phi) is 5.60. The lowest BCUT2D eigenvalue weighted by Crippen LogP contribution is -2.55. The standard InChI is InChI=1S/C22H27FN2O2/c1-26-21-8-4-6-17(13-24-20-14-25-11-9-16(20)10-12-25)22(21)27-15-18-5-2-3-7-19(18)23/h2-8,16,20,24H,9-15H2,1H3. The van der Waals surface area contributed by atoms with Gasteiger partial charge < -0.3 is 19.7 Å². The maximum absolute atomic E-state index is 13.9. The molecule has 5 rings (SSSR count). The fourth-order valence-electron chi connectivity index (χ4n) is 4.23. The van der Waals surface area contributed by atoms with E-state index in [1.54, 1.807) is 19.2 Å². The highest BCUT2D eigenvalue weighted by atomic mass is 19.1. The van der Waals surface area contributed by atoms with Crippen molar-refractivity contribution in [2.24, 2.45) is 5.92 Å². The van der Waals surface area contributed by atoms with Crippen LogP contribution < -0.4 is 14.8 Å². The molecule has 0 amide bonds. The monoisotopic (exact) mass is 370 g/mol. The van der Waals surface area contributed by atoms with E-state index in [1.807, 2.05) is 24.3 Å². The number of fused-ring (bicyclic) bond motifs is 3. The number of methoxy groups -OCH3 is 1. The fourth-order valence-corrected chi connectivity index (χ4v) is 4.23. The number of hydrogen-bond acceptors (Lipinski definition) is 4. The minimum atomic E-state index is -0.251. The van der Waals surface area contributed by atoms with Crippen LogP contribution >= 0.6 is 0 Å². The smallest absolute Gasteiger partial charge is 0.166 e. The number of ether oxygens (including phenoxy) is 2. The van der Waals surface area contributed by atoms with E-state index < -0.39 is 0 Å². The second kappa shape index (κ2) is 8.28. The first-order chi connectivity index (χ1) is 13.2. The molecule has 2 aromatic rings. The maximum Gasteiger partial charge on any atom is 0.166 e. The first-order valence-corrected chi connectivity index (χ1v) is 9.72. The summed E-state index contributed by atoms with van der Waals surface area (Å²) in [6.07, 6.45) is 2.57. The lowest BCUT2D eigenvalue weighted by molar-refractivity contribution is 0.0718. The Morgan fingerprint density at radius 1 is 1.07 bits per heavy atom. The Labute approximate surface area is 160 Å². The number of piperidine rings is 3. The zero-order chi connectivity index (χ0) is 18.6. The second-order valence-corrected chi connectivity index (χ2v) is 7.45. The normalized spacial score (nSPS) is 24.0. The van der Waals surface area contributed by atoms with Crippen molar-refractivity contribution in [1.82, 2.24) is 10.2 Å². The Morgan fingerprint density at radius 3 is 2.56 bits per heavy atom. The van der Waals surface area contributed by atoms with E-state index in [4.69, 9.17) is 9.47 Å². The van der Waals surface area contributed by atoms with Gasteiger partial charge in [-0.3, -0.25) is 0 Å². The number of nitrogens with zero attached hydrogens (tertiary/aromatic N) is 1. The van der Waals surface area contributed by atoms with Crippen LogP contribution in [0.4, 0.5) is 4.39 Å². The van der Waals surface area contributed by atoms with Crippen molar-refractivity contribution < 1.29 is 13.9 Å². The molecule has 144 valence electrons. The molecule has 5 heteroatoms. The fraction of sp³-hybridized carbons (Fsp3) is 0.455. The van der Waals surface area contributed by atoms with Gasteiger partial charge >= 0.3 is 0 Å². The van der Waals surface area contributed by atoms with Gasteiger partial charge in [0.2, 0.25) is 0 Å². The van der Waals surface area contributed by atoms with Crippen molar-refractivity contribution in [1.29, 1.82) is 0 Å². The summed E-state index contributed by atoms with van der Waals surface area (Å²) in [4.78, 5) is 2.54. The second-order valence-electron chi connectivity index (χ2n) is 7.45. The molecule has 2 bridgehead atoms. The van der Waals surface area contributed by atoms with E-state index in [2.05, 4.69) is 10.2 Å². The summed E-state index contributed by atoms with van der Waals surface area (Å²) in [5.74, 6) is 1.89. The Balaban J connectivity index is 1.46. The highest BCUT2D eigenvalue weighted by molar-refractivity contribution is 5.46. The van der Waals surface area contributed by atoms with E-state index in [0.29, 0.717) is 23.1 Å². The molecule has 4 nitrogen and oxygen atoms in total. The summed E-state index contributed by atoms with van der Waals surface area (Å²) in [6, 6.07) is 13.1. The molecule has 1 atom stereocenters. The van der Waals surface area contributed by atoms with Crippen molar-refractivity contribution >= 4 is 0 Å². The van der Waals surface area contributed by atoms with Crippen LogP contribution in [-0.4, -0.2) is 37.7 Å². The minimum Gasteiger partial charge on any atom is -0.493 e. The third kappa shape index (κ3) is 4.09. The van der Waals surface area contributed by atoms with Crippen molar-refractivity contribution in [3.05, 3.63) is 59.4 Å². The number of halogens is 1. The third-order valence-electron chi connectivity index (χ3n) is 5.82. The molecule has 1 unspecified atom stereocenters. The maximum atomic E-state index is 13.9. The highest BCUT2D eigenvalue weighted by Crippen LogP contribution is 2.33. The summed E-state index contributed by atoms with van der Waals surface area (Å²) in [6.45, 7) is 4.50. The number of nitrogens with one attached hydrogen (secondary N) is 1. The topological polar surface area (TPSA) is 33.7 Å². The molecule has 0 aliphatic carbocycles. The molecule has 2 aromatic carbocycles. The lowest BCUT2D eigenvalue weighted by Gasteiger charge is -2.45. The first-order valence-electron chi connectivity index (χ1n) is 9.72. The van der Waals surface area contributed by atoms with Crippen LogP contribution in [0.2, 0.25) is 0 Å². The van der Waals surface area contributed by atoms with Crippen LogP contribution in [-0.2, 0) is 13.2 Å². The zero-order valence-corrected chi connectivity index (χ0v) is 15.8. The van der Waals surface area contributed by atoms with Gasteiger partial charge in [-0.05, 0) is 44.0 Å². The number of rotatable bonds is 7. The molecule has 3 saturated heterocycles. The highest BCUT2D eigenvalue weighted by Gasteiger charge is 2.33. The summed E-state index contributed by atoms with van der Waals surface area (Å²) < 4.78 is 25.4. The summed E-state index contributed by atoms with van der Waals surface area (Å²) in [7, 11) is 1.63. The summed E-state index contributed by atoms with van der Waals surface area (Å²) in [5.41, 5.74) is 1.59. The third-order valence-corrected chi connectivity index (χ3v) is 5.82. The van der Waals surface area contributed by atoms with E-state index in [1.165, 1.54) is 32.0 Å². The van der Waals surface area contributed by atoms with Crippen LogP contribution in [0, 0.1) is 11.7 Å². The van der Waals surface area contributed by atoms with Gasteiger partial charge in [0.15, 0.2) is 11.5 Å². The van der Waals surface area contributed by atoms with E-state index in [0.717, 1.165) is 24.6 Å². The van der Waals surface area contributed by atoms with E-state index in [9.17, 15) is 4.39 Å². The summed E-state index contributed by atoms with van der Waals surface area (Å²) >= 11 is 0. The van der Waals surface area contributed by atoms with E-state index >= 15 is 0 Å². The van der Waals surface area contributed by atoms with Crippen molar-refractivity contribution in [3.63, 3.8) is 0 Å². The van der Waals surface area contributed by atoms with Crippen molar-refractivity contribution in [3.8, 4) is 11.5 Å². The summed E-state index contributed by atoms with van der Waals surface area (Å²) in [5, 5.41) is 3.72. The minimum absolute atomic E-state index is 0.180. The average Bonchev–Trinajstić information content (AvgIpc) is 2.72. The molecule has 0 aromatic heterocycles. The Bertz CT molecular complexity index is 775. The van der Waals surface area contributed by atoms with Gasteiger partial charge in [0.1, 0.15) is 12.4 Å². The molecule has 3 fully saturated rings.